The smallest absolute Gasteiger partial charge is 0.416 e. The summed E-state index contributed by atoms with van der Waals surface area (Å²) in [5, 5.41) is 1.31. The zero-order valence-corrected chi connectivity index (χ0v) is 12.9. The fraction of sp³-hybridized carbons (Fsp3) is 0.250. The maximum absolute atomic E-state index is 12.9. The van der Waals surface area contributed by atoms with Gasteiger partial charge in [0.2, 0.25) is 0 Å². The maximum Gasteiger partial charge on any atom is 0.416 e. The number of carbonyl (C=O) groups excluding carboxylic acids is 1. The van der Waals surface area contributed by atoms with Crippen molar-refractivity contribution in [2.75, 3.05) is 12.1 Å². The first-order valence-corrected chi connectivity index (χ1v) is 7.11. The van der Waals surface area contributed by atoms with Crippen molar-refractivity contribution in [3.05, 3.63) is 58.8 Å². The van der Waals surface area contributed by atoms with Crippen LogP contribution < -0.4 is 10.4 Å². The lowest BCUT2D eigenvalue weighted by molar-refractivity contribution is -0.137. The lowest BCUT2D eigenvalue weighted by Crippen LogP contribution is -2.38. The SMILES string of the molecule is Cc1cc(C(F)(F)F)cc(N(C)N[C@@H]2OC(=O)c3ccccc32)n1. The Labute approximate surface area is 136 Å². The molecular formula is C16H14F3N3O2. The molecule has 0 radical (unpaired) electrons. The van der Waals surface area contributed by atoms with Crippen molar-refractivity contribution in [2.24, 2.45) is 0 Å². The minimum Gasteiger partial charge on any atom is -0.437 e. The molecule has 8 heteroatoms. The Morgan fingerprint density at radius 2 is 1.96 bits per heavy atom. The van der Waals surface area contributed by atoms with Crippen LogP contribution in [0.5, 0.6) is 0 Å². The Balaban J connectivity index is 1.85. The van der Waals surface area contributed by atoms with Crippen LogP contribution in [0.4, 0.5) is 19.0 Å². The van der Waals surface area contributed by atoms with Crippen LogP contribution in [0, 0.1) is 6.92 Å². The van der Waals surface area contributed by atoms with Crippen LogP contribution in [0.15, 0.2) is 36.4 Å². The second-order valence-electron chi connectivity index (χ2n) is 5.41. The molecule has 0 amide bonds. The third-order valence-corrected chi connectivity index (χ3v) is 3.61. The van der Waals surface area contributed by atoms with Crippen LogP contribution in [0.1, 0.15) is 33.4 Å². The molecule has 1 aliphatic rings. The summed E-state index contributed by atoms with van der Waals surface area (Å²) in [7, 11) is 1.51. The summed E-state index contributed by atoms with van der Waals surface area (Å²) in [5.41, 5.74) is 3.34. The highest BCUT2D eigenvalue weighted by atomic mass is 19.4. The molecule has 1 aromatic heterocycles. The lowest BCUT2D eigenvalue weighted by Gasteiger charge is -2.24. The molecule has 24 heavy (non-hydrogen) atoms. The number of aromatic nitrogens is 1. The number of nitrogens with zero attached hydrogens (tertiary/aromatic N) is 2. The zero-order chi connectivity index (χ0) is 17.5. The van der Waals surface area contributed by atoms with Crippen molar-refractivity contribution in [2.45, 2.75) is 19.3 Å². The summed E-state index contributed by atoms with van der Waals surface area (Å²) in [5.74, 6) is -0.410. The highest BCUT2D eigenvalue weighted by Crippen LogP contribution is 2.32. The van der Waals surface area contributed by atoms with E-state index in [0.29, 0.717) is 11.1 Å². The molecule has 0 spiro atoms. The number of benzene rings is 1. The van der Waals surface area contributed by atoms with Crippen molar-refractivity contribution < 1.29 is 22.7 Å². The molecule has 0 saturated carbocycles. The predicted octanol–water partition coefficient (Wildman–Crippen LogP) is 3.22. The van der Waals surface area contributed by atoms with Crippen LogP contribution in [-0.2, 0) is 10.9 Å². The summed E-state index contributed by atoms with van der Waals surface area (Å²) >= 11 is 0. The van der Waals surface area contributed by atoms with Crippen LogP contribution in [-0.4, -0.2) is 18.0 Å². The highest BCUT2D eigenvalue weighted by Gasteiger charge is 2.33. The van der Waals surface area contributed by atoms with Crippen molar-refractivity contribution in [3.63, 3.8) is 0 Å². The standard InChI is InChI=1S/C16H14F3N3O2/c1-9-7-10(16(17,18)19)8-13(20-9)22(2)21-14-11-5-3-4-6-12(11)15(23)24-14/h3-8,14,21H,1-2H3/t14-/m1/s1. The number of cyclic esters (lactones) is 1. The van der Waals surface area contributed by atoms with Gasteiger partial charge >= 0.3 is 12.1 Å². The average Bonchev–Trinajstić information content (AvgIpc) is 2.82. The zero-order valence-electron chi connectivity index (χ0n) is 12.9. The quantitative estimate of drug-likeness (QED) is 0.688. The Morgan fingerprint density at radius 3 is 2.67 bits per heavy atom. The van der Waals surface area contributed by atoms with E-state index in [9.17, 15) is 18.0 Å². The van der Waals surface area contributed by atoms with E-state index in [4.69, 9.17) is 4.74 Å². The summed E-state index contributed by atoms with van der Waals surface area (Å²) in [6, 6.07) is 8.72. The first-order valence-electron chi connectivity index (χ1n) is 7.11. The van der Waals surface area contributed by atoms with Crippen LogP contribution in [0.25, 0.3) is 0 Å². The molecule has 0 bridgehead atoms. The van der Waals surface area contributed by atoms with E-state index in [-0.39, 0.29) is 11.5 Å². The molecule has 0 fully saturated rings. The first kappa shape index (κ1) is 16.3. The topological polar surface area (TPSA) is 54.5 Å². The van der Waals surface area contributed by atoms with Gasteiger partial charge < -0.3 is 4.74 Å². The molecule has 0 aliphatic carbocycles. The average molecular weight is 337 g/mol. The molecule has 1 N–H and O–H groups in total. The molecule has 1 aromatic carbocycles. The molecule has 126 valence electrons. The van der Waals surface area contributed by atoms with Crippen molar-refractivity contribution in [1.82, 2.24) is 10.4 Å². The molecule has 2 aromatic rings. The molecule has 1 atom stereocenters. The number of hydrogen-bond donors (Lipinski definition) is 1. The fourth-order valence-corrected chi connectivity index (χ4v) is 2.47. The van der Waals surface area contributed by atoms with E-state index in [0.717, 1.165) is 12.1 Å². The predicted molar refractivity (Wildman–Crippen MR) is 80.1 cm³/mol. The van der Waals surface area contributed by atoms with Crippen molar-refractivity contribution in [3.8, 4) is 0 Å². The van der Waals surface area contributed by atoms with E-state index in [1.54, 1.807) is 24.3 Å². The molecule has 3 rings (SSSR count). The van der Waals surface area contributed by atoms with Gasteiger partial charge in [0.25, 0.3) is 0 Å². The van der Waals surface area contributed by atoms with Crippen molar-refractivity contribution in [1.29, 1.82) is 0 Å². The number of aryl methyl sites for hydroxylation is 1. The monoisotopic (exact) mass is 337 g/mol. The van der Waals surface area contributed by atoms with E-state index >= 15 is 0 Å². The van der Waals surface area contributed by atoms with E-state index in [1.807, 2.05) is 0 Å². The van der Waals surface area contributed by atoms with Crippen LogP contribution in [0.3, 0.4) is 0 Å². The molecule has 2 heterocycles. The molecule has 0 unspecified atom stereocenters. The number of rotatable bonds is 3. The molecule has 1 aliphatic heterocycles. The normalized spacial score (nSPS) is 16.7. The molecule has 0 saturated heterocycles. The van der Waals surface area contributed by atoms with Gasteiger partial charge in [-0.1, -0.05) is 18.2 Å². The highest BCUT2D eigenvalue weighted by molar-refractivity contribution is 5.93. The third-order valence-electron chi connectivity index (χ3n) is 3.61. The third kappa shape index (κ3) is 3.05. The minimum absolute atomic E-state index is 0.0720. The van der Waals surface area contributed by atoms with Gasteiger partial charge in [0.05, 0.1) is 11.1 Å². The van der Waals surface area contributed by atoms with Crippen LogP contribution in [0.2, 0.25) is 0 Å². The number of fused-ring (bicyclic) bond motifs is 1. The van der Waals surface area contributed by atoms with Gasteiger partial charge in [-0.15, -0.1) is 0 Å². The Bertz CT molecular complexity index is 792. The Morgan fingerprint density at radius 1 is 1.25 bits per heavy atom. The second-order valence-corrected chi connectivity index (χ2v) is 5.41. The lowest BCUT2D eigenvalue weighted by atomic mass is 10.1. The number of carbonyl (C=O) groups is 1. The second kappa shape index (κ2) is 5.79. The van der Waals surface area contributed by atoms with Gasteiger partial charge in [0, 0.05) is 18.3 Å². The van der Waals surface area contributed by atoms with E-state index < -0.39 is 23.9 Å². The van der Waals surface area contributed by atoms with Gasteiger partial charge in [-0.25, -0.2) is 9.78 Å². The number of hydrogen-bond acceptors (Lipinski definition) is 5. The number of halogens is 3. The summed E-state index contributed by atoms with van der Waals surface area (Å²) in [4.78, 5) is 15.9. The van der Waals surface area contributed by atoms with Crippen molar-refractivity contribution >= 4 is 11.8 Å². The Kier molecular flexibility index (Phi) is 3.92. The van der Waals surface area contributed by atoms with Gasteiger partial charge in [0.1, 0.15) is 5.82 Å². The number of nitrogens with one attached hydrogen (secondary N) is 1. The summed E-state index contributed by atoms with van der Waals surface area (Å²) in [6.07, 6.45) is -5.24. The van der Waals surface area contributed by atoms with E-state index in [1.165, 1.54) is 19.0 Å². The van der Waals surface area contributed by atoms with Gasteiger partial charge in [0.15, 0.2) is 6.23 Å². The van der Waals surface area contributed by atoms with E-state index in [2.05, 4.69) is 10.4 Å². The number of pyridine rings is 1. The Hall–Kier alpha value is -2.61. The summed E-state index contributed by atoms with van der Waals surface area (Å²) in [6.45, 7) is 1.48. The number of alkyl halides is 3. The molecule has 5 nitrogen and oxygen atoms in total. The minimum atomic E-state index is -4.46. The number of esters is 1. The number of anilines is 1. The van der Waals surface area contributed by atoms with Gasteiger partial charge in [-0.2, -0.15) is 18.6 Å². The largest absolute Gasteiger partial charge is 0.437 e. The molecular weight excluding hydrogens is 323 g/mol. The van der Waals surface area contributed by atoms with Gasteiger partial charge in [-0.3, -0.25) is 5.01 Å². The number of ether oxygens (including phenoxy) is 1. The fourth-order valence-electron chi connectivity index (χ4n) is 2.47. The summed E-state index contributed by atoms with van der Waals surface area (Å²) < 4.78 is 44.0. The van der Waals surface area contributed by atoms with Gasteiger partial charge in [-0.05, 0) is 25.1 Å². The first-order chi connectivity index (χ1) is 11.3. The number of hydrazine groups is 1. The van der Waals surface area contributed by atoms with Crippen LogP contribution >= 0.6 is 0 Å². The maximum atomic E-state index is 12.9.